The van der Waals surface area contributed by atoms with Crippen LogP contribution in [0.25, 0.3) is 0 Å². The Morgan fingerprint density at radius 3 is 2.38 bits per heavy atom. The van der Waals surface area contributed by atoms with Gasteiger partial charge in [0.2, 0.25) is 10.0 Å². The van der Waals surface area contributed by atoms with E-state index < -0.39 is 16.1 Å². The number of ether oxygens (including phenoxy) is 1. The molecule has 0 saturated carbocycles. The smallest absolute Gasteiger partial charge is 0.267 e. The van der Waals surface area contributed by atoms with E-state index in [0.29, 0.717) is 11.4 Å². The summed E-state index contributed by atoms with van der Waals surface area (Å²) in [5.41, 5.74) is 4.19. The number of carbonyl (C=O) groups is 1. The second kappa shape index (κ2) is 6.64. The van der Waals surface area contributed by atoms with Crippen LogP contribution in [-0.4, -0.2) is 33.2 Å². The van der Waals surface area contributed by atoms with Gasteiger partial charge in [0.1, 0.15) is 5.75 Å². The van der Waals surface area contributed by atoms with Crippen LogP contribution >= 0.6 is 0 Å². The predicted molar refractivity (Wildman–Crippen MR) is 102 cm³/mol. The Kier molecular flexibility index (Phi) is 4.66. The Morgan fingerprint density at radius 1 is 1.15 bits per heavy atom. The van der Waals surface area contributed by atoms with Gasteiger partial charge in [0.05, 0.1) is 18.5 Å². The van der Waals surface area contributed by atoms with Crippen LogP contribution in [0.1, 0.15) is 16.7 Å². The van der Waals surface area contributed by atoms with Crippen molar-refractivity contribution in [3.05, 3.63) is 53.1 Å². The zero-order chi connectivity index (χ0) is 19.1. The first-order valence-corrected chi connectivity index (χ1v) is 10.1. The Bertz CT molecular complexity index is 946. The van der Waals surface area contributed by atoms with Crippen molar-refractivity contribution in [3.63, 3.8) is 0 Å². The van der Waals surface area contributed by atoms with Gasteiger partial charge in [0.15, 0.2) is 6.10 Å². The molecule has 2 aromatic rings. The molecular formula is C19H22N2O4S. The highest BCUT2D eigenvalue weighted by atomic mass is 32.2. The maximum absolute atomic E-state index is 12.8. The average Bonchev–Trinajstić information content (AvgIpc) is 2.56. The SMILES string of the molecule is Cc1cc(C)c(NC(=O)[C@@H]2CN(S(C)(=O)=O)c3ccccc3O2)c(C)c1. The molecule has 1 N–H and O–H groups in total. The van der Waals surface area contributed by atoms with Crippen molar-refractivity contribution < 1.29 is 17.9 Å². The summed E-state index contributed by atoms with van der Waals surface area (Å²) in [7, 11) is -3.53. The summed E-state index contributed by atoms with van der Waals surface area (Å²) in [6, 6.07) is 10.8. The molecule has 0 aromatic heterocycles. The summed E-state index contributed by atoms with van der Waals surface area (Å²) < 4.78 is 31.3. The average molecular weight is 374 g/mol. The lowest BCUT2D eigenvalue weighted by molar-refractivity contribution is -0.122. The van der Waals surface area contributed by atoms with Crippen LogP contribution in [0.15, 0.2) is 36.4 Å². The number of anilines is 2. The van der Waals surface area contributed by atoms with E-state index in [1.54, 1.807) is 24.3 Å². The van der Waals surface area contributed by atoms with Crippen LogP contribution in [0.5, 0.6) is 5.75 Å². The summed E-state index contributed by atoms with van der Waals surface area (Å²) in [5.74, 6) is 0.00452. The monoisotopic (exact) mass is 374 g/mol. The molecule has 0 fully saturated rings. The van der Waals surface area contributed by atoms with Gasteiger partial charge in [-0.2, -0.15) is 0 Å². The first kappa shape index (κ1) is 18.3. The molecule has 0 aliphatic carbocycles. The number of hydrogen-bond donors (Lipinski definition) is 1. The standard InChI is InChI=1S/C19H22N2O4S/c1-12-9-13(2)18(14(3)10-12)20-19(22)17-11-21(26(4,23)24)15-7-5-6-8-16(15)25-17/h5-10,17H,11H2,1-4H3,(H,20,22)/t17-/m0/s1. The number of rotatable bonds is 3. The molecule has 1 atom stereocenters. The van der Waals surface area contributed by atoms with Gasteiger partial charge in [-0.15, -0.1) is 0 Å². The number of sulfonamides is 1. The number of hydrogen-bond acceptors (Lipinski definition) is 4. The van der Waals surface area contributed by atoms with Crippen molar-refractivity contribution in [2.45, 2.75) is 26.9 Å². The first-order chi connectivity index (χ1) is 12.2. The Morgan fingerprint density at radius 2 is 1.77 bits per heavy atom. The molecule has 138 valence electrons. The minimum atomic E-state index is -3.53. The maximum atomic E-state index is 12.8. The fourth-order valence-electron chi connectivity index (χ4n) is 3.23. The van der Waals surface area contributed by atoms with E-state index in [2.05, 4.69) is 5.32 Å². The van der Waals surface area contributed by atoms with Crippen molar-refractivity contribution in [1.29, 1.82) is 0 Å². The summed E-state index contributed by atoms with van der Waals surface area (Å²) >= 11 is 0. The normalized spacial score (nSPS) is 16.6. The number of nitrogens with zero attached hydrogens (tertiary/aromatic N) is 1. The van der Waals surface area contributed by atoms with Crippen LogP contribution in [0.3, 0.4) is 0 Å². The number of carbonyl (C=O) groups excluding carboxylic acids is 1. The fraction of sp³-hybridized carbons (Fsp3) is 0.316. The molecule has 1 heterocycles. The van der Waals surface area contributed by atoms with E-state index >= 15 is 0 Å². The van der Waals surface area contributed by atoms with Gasteiger partial charge in [-0.25, -0.2) is 8.42 Å². The van der Waals surface area contributed by atoms with Gasteiger partial charge < -0.3 is 10.1 Å². The van der Waals surface area contributed by atoms with Crippen molar-refractivity contribution in [1.82, 2.24) is 0 Å². The lowest BCUT2D eigenvalue weighted by atomic mass is 10.0. The zero-order valence-electron chi connectivity index (χ0n) is 15.2. The first-order valence-electron chi connectivity index (χ1n) is 8.29. The van der Waals surface area contributed by atoms with E-state index in [9.17, 15) is 13.2 Å². The molecule has 0 spiro atoms. The van der Waals surface area contributed by atoms with Gasteiger partial charge in [0, 0.05) is 5.69 Å². The summed E-state index contributed by atoms with van der Waals surface area (Å²) in [6.07, 6.45) is 0.193. The fourth-order valence-corrected chi connectivity index (χ4v) is 4.15. The highest BCUT2D eigenvalue weighted by Crippen LogP contribution is 2.35. The van der Waals surface area contributed by atoms with Crippen LogP contribution in [0.4, 0.5) is 11.4 Å². The third-order valence-corrected chi connectivity index (χ3v) is 5.50. The summed E-state index contributed by atoms with van der Waals surface area (Å²) in [4.78, 5) is 12.8. The number of fused-ring (bicyclic) bond motifs is 1. The Hall–Kier alpha value is -2.54. The Balaban J connectivity index is 1.90. The number of para-hydroxylation sites is 2. The van der Waals surface area contributed by atoms with Crippen LogP contribution in [0, 0.1) is 20.8 Å². The topological polar surface area (TPSA) is 75.7 Å². The van der Waals surface area contributed by atoms with E-state index in [0.717, 1.165) is 28.6 Å². The second-order valence-electron chi connectivity index (χ2n) is 6.63. The lowest BCUT2D eigenvalue weighted by Gasteiger charge is -2.34. The lowest BCUT2D eigenvalue weighted by Crippen LogP contribution is -2.48. The van der Waals surface area contributed by atoms with Crippen molar-refractivity contribution >= 4 is 27.3 Å². The van der Waals surface area contributed by atoms with E-state index in [1.165, 1.54) is 4.31 Å². The molecule has 1 amide bonds. The molecule has 0 saturated heterocycles. The third kappa shape index (κ3) is 3.53. The van der Waals surface area contributed by atoms with Crippen molar-refractivity contribution in [2.24, 2.45) is 0 Å². The minimum Gasteiger partial charge on any atom is -0.476 e. The van der Waals surface area contributed by atoms with Crippen molar-refractivity contribution in [2.75, 3.05) is 22.4 Å². The highest BCUT2D eigenvalue weighted by molar-refractivity contribution is 7.92. The molecule has 2 aromatic carbocycles. The molecule has 3 rings (SSSR count). The predicted octanol–water partition coefficient (Wildman–Crippen LogP) is 2.78. The third-order valence-electron chi connectivity index (χ3n) is 4.35. The molecule has 0 radical (unpaired) electrons. The molecule has 1 aliphatic heterocycles. The molecule has 0 bridgehead atoms. The van der Waals surface area contributed by atoms with Gasteiger partial charge in [-0.1, -0.05) is 29.8 Å². The van der Waals surface area contributed by atoms with Gasteiger partial charge >= 0.3 is 0 Å². The number of benzene rings is 2. The highest BCUT2D eigenvalue weighted by Gasteiger charge is 2.35. The van der Waals surface area contributed by atoms with Gasteiger partial charge in [-0.3, -0.25) is 9.10 Å². The second-order valence-corrected chi connectivity index (χ2v) is 8.54. The van der Waals surface area contributed by atoms with Crippen molar-refractivity contribution in [3.8, 4) is 5.75 Å². The zero-order valence-corrected chi connectivity index (χ0v) is 16.1. The van der Waals surface area contributed by atoms with E-state index in [-0.39, 0.29) is 12.5 Å². The summed E-state index contributed by atoms with van der Waals surface area (Å²) in [6.45, 7) is 5.79. The molecule has 1 aliphatic rings. The maximum Gasteiger partial charge on any atom is 0.267 e. The molecule has 6 nitrogen and oxygen atoms in total. The van der Waals surface area contributed by atoms with Gasteiger partial charge in [-0.05, 0) is 44.0 Å². The molecule has 26 heavy (non-hydrogen) atoms. The van der Waals surface area contributed by atoms with Gasteiger partial charge in [0.25, 0.3) is 5.91 Å². The van der Waals surface area contributed by atoms with Crippen LogP contribution in [-0.2, 0) is 14.8 Å². The van der Waals surface area contributed by atoms with Crippen LogP contribution < -0.4 is 14.4 Å². The minimum absolute atomic E-state index is 0.0639. The number of amides is 1. The number of aryl methyl sites for hydroxylation is 3. The number of nitrogens with one attached hydrogen (secondary N) is 1. The molecule has 0 unspecified atom stereocenters. The molecule has 7 heteroatoms. The molecular weight excluding hydrogens is 352 g/mol. The summed E-state index contributed by atoms with van der Waals surface area (Å²) in [5, 5.41) is 2.89. The Labute approximate surface area is 153 Å². The van der Waals surface area contributed by atoms with E-state index in [1.807, 2.05) is 32.9 Å². The largest absolute Gasteiger partial charge is 0.476 e. The quantitative estimate of drug-likeness (QED) is 0.896. The van der Waals surface area contributed by atoms with E-state index in [4.69, 9.17) is 4.74 Å². The van der Waals surface area contributed by atoms with Crippen LogP contribution in [0.2, 0.25) is 0 Å².